The number of carbonyl (C=O) groups is 1. The Morgan fingerprint density at radius 1 is 1.44 bits per heavy atom. The molecule has 0 saturated carbocycles. The van der Waals surface area contributed by atoms with Gasteiger partial charge in [-0.2, -0.15) is 0 Å². The van der Waals surface area contributed by atoms with E-state index in [1.165, 1.54) is 6.92 Å². The number of benzene rings is 1. The van der Waals surface area contributed by atoms with Gasteiger partial charge >= 0.3 is 68.9 Å². The van der Waals surface area contributed by atoms with Crippen LogP contribution in [0.15, 0.2) is 29.2 Å². The number of hydrogen-bond acceptors (Lipinski definition) is 3. The Balaban J connectivity index is 0.00000162. The molecular weight excluding hydrogens is 367 g/mol. The van der Waals surface area contributed by atoms with Gasteiger partial charge < -0.3 is 10.1 Å². The normalized spacial score (nSPS) is 22.3. The Morgan fingerprint density at radius 3 is 2.61 bits per heavy atom. The Labute approximate surface area is 171 Å². The topological polar surface area (TPSA) is 38.3 Å². The molecule has 1 aliphatic rings. The summed E-state index contributed by atoms with van der Waals surface area (Å²) in [6, 6.07) is 7.82. The van der Waals surface area contributed by atoms with Crippen LogP contribution in [0.2, 0.25) is 0 Å². The van der Waals surface area contributed by atoms with Gasteiger partial charge in [-0.05, 0) is 30.7 Å². The SMILES string of the molecule is CC(=O)Nc1ccc(SC2C[C@@H](C)[CH-]O2)cc1.[Cs+]. The van der Waals surface area contributed by atoms with E-state index in [9.17, 15) is 4.79 Å². The van der Waals surface area contributed by atoms with Crippen molar-refractivity contribution in [3.05, 3.63) is 30.9 Å². The van der Waals surface area contributed by atoms with Crippen molar-refractivity contribution in [1.29, 1.82) is 0 Å². The van der Waals surface area contributed by atoms with Crippen molar-refractivity contribution in [1.82, 2.24) is 0 Å². The minimum Gasteiger partial charge on any atom is -0.542 e. The number of ether oxygens (including phenoxy) is 1. The Bertz CT molecular complexity index is 396. The molecule has 1 aliphatic heterocycles. The van der Waals surface area contributed by atoms with E-state index >= 15 is 0 Å². The molecule has 1 unspecified atom stereocenters. The van der Waals surface area contributed by atoms with E-state index in [-0.39, 0.29) is 80.2 Å². The largest absolute Gasteiger partial charge is 1.00 e. The third-order valence-corrected chi connectivity index (χ3v) is 3.58. The summed E-state index contributed by atoms with van der Waals surface area (Å²) in [6.07, 6.45) is 1.05. The average molecular weight is 383 g/mol. The van der Waals surface area contributed by atoms with Crippen molar-refractivity contribution in [2.75, 3.05) is 5.32 Å². The van der Waals surface area contributed by atoms with Gasteiger partial charge in [0.25, 0.3) is 0 Å². The molecule has 0 spiro atoms. The maximum atomic E-state index is 10.9. The third kappa shape index (κ3) is 5.58. The van der Waals surface area contributed by atoms with Crippen molar-refractivity contribution < 1.29 is 78.4 Å². The second-order valence-corrected chi connectivity index (χ2v) is 5.47. The fourth-order valence-corrected chi connectivity index (χ4v) is 2.80. The van der Waals surface area contributed by atoms with E-state index in [0.717, 1.165) is 17.0 Å². The first-order chi connectivity index (χ1) is 8.13. The molecule has 0 radical (unpaired) electrons. The van der Waals surface area contributed by atoms with Crippen molar-refractivity contribution in [3.8, 4) is 0 Å². The van der Waals surface area contributed by atoms with Gasteiger partial charge in [0, 0.05) is 17.5 Å². The summed E-state index contributed by atoms with van der Waals surface area (Å²) in [5.74, 6) is 0.485. The van der Waals surface area contributed by atoms with Crippen LogP contribution < -0.4 is 74.2 Å². The predicted octanol–water partition coefficient (Wildman–Crippen LogP) is 0.285. The zero-order valence-electron chi connectivity index (χ0n) is 11.0. The van der Waals surface area contributed by atoms with Crippen molar-refractivity contribution in [2.45, 2.75) is 30.6 Å². The van der Waals surface area contributed by atoms with Crippen LogP contribution in [0.25, 0.3) is 0 Å². The summed E-state index contributed by atoms with van der Waals surface area (Å²) in [5.41, 5.74) is 1.05. The standard InChI is InChI=1S/C13H16NO2S.Cs/c1-9-7-13(16-8-9)17-12-5-3-11(4-6-12)14-10(2)15;/h3-6,8-9,13H,7H2,1-2H3,(H,14,15);/q-1;+1/t9-,13?;/m1./s1. The van der Waals surface area contributed by atoms with Crippen LogP contribution in [0, 0.1) is 12.5 Å². The molecule has 0 bridgehead atoms. The van der Waals surface area contributed by atoms with E-state index in [1.54, 1.807) is 11.8 Å². The number of thioether (sulfide) groups is 1. The summed E-state index contributed by atoms with van der Waals surface area (Å²) in [4.78, 5) is 12.0. The number of amides is 1. The zero-order valence-corrected chi connectivity index (χ0v) is 18.1. The first-order valence-electron chi connectivity index (χ1n) is 5.66. The maximum Gasteiger partial charge on any atom is 1.00 e. The second-order valence-electron chi connectivity index (χ2n) is 4.24. The summed E-state index contributed by atoms with van der Waals surface area (Å²) >= 11 is 1.72. The number of hydrogen-bond donors (Lipinski definition) is 1. The molecular formula is C13H16CsNO2S. The molecule has 2 atom stereocenters. The van der Waals surface area contributed by atoms with Gasteiger partial charge in [0.1, 0.15) is 0 Å². The summed E-state index contributed by atoms with van der Waals surface area (Å²) < 4.78 is 5.53. The fourth-order valence-electron chi connectivity index (χ4n) is 1.68. The Hall–Kier alpha value is 1.05. The first kappa shape index (κ1) is 17.1. The monoisotopic (exact) mass is 383 g/mol. The van der Waals surface area contributed by atoms with Crippen LogP contribution in [0.4, 0.5) is 5.69 Å². The van der Waals surface area contributed by atoms with Crippen molar-refractivity contribution >= 4 is 23.4 Å². The molecule has 2 rings (SSSR count). The summed E-state index contributed by atoms with van der Waals surface area (Å²) in [6.45, 7) is 5.57. The third-order valence-electron chi connectivity index (χ3n) is 2.47. The smallest absolute Gasteiger partial charge is 0.542 e. The van der Waals surface area contributed by atoms with E-state index < -0.39 is 0 Å². The molecule has 1 fully saturated rings. The van der Waals surface area contributed by atoms with Gasteiger partial charge in [0.2, 0.25) is 5.91 Å². The quantitative estimate of drug-likeness (QED) is 0.763. The molecule has 0 aromatic heterocycles. The van der Waals surface area contributed by atoms with Crippen LogP contribution in [0.5, 0.6) is 0 Å². The minimum absolute atomic E-state index is 0. The average Bonchev–Trinajstić information content (AvgIpc) is 2.66. The van der Waals surface area contributed by atoms with Gasteiger partial charge in [0.15, 0.2) is 0 Å². The van der Waals surface area contributed by atoms with Crippen LogP contribution in [-0.4, -0.2) is 11.3 Å². The van der Waals surface area contributed by atoms with Crippen LogP contribution in [0.3, 0.4) is 0 Å². The summed E-state index contributed by atoms with van der Waals surface area (Å²) in [7, 11) is 0. The zero-order chi connectivity index (χ0) is 12.3. The number of nitrogens with one attached hydrogen (secondary N) is 1. The molecule has 1 aromatic carbocycles. The van der Waals surface area contributed by atoms with Crippen LogP contribution in [0.1, 0.15) is 20.3 Å². The molecule has 5 heteroatoms. The van der Waals surface area contributed by atoms with Crippen LogP contribution in [-0.2, 0) is 9.53 Å². The Kier molecular flexibility index (Phi) is 7.95. The van der Waals surface area contributed by atoms with Gasteiger partial charge in [-0.15, -0.1) is 5.92 Å². The predicted molar refractivity (Wildman–Crippen MR) is 69.6 cm³/mol. The van der Waals surface area contributed by atoms with E-state index in [2.05, 4.69) is 12.2 Å². The van der Waals surface area contributed by atoms with Gasteiger partial charge in [-0.1, -0.05) is 18.7 Å². The van der Waals surface area contributed by atoms with Gasteiger partial charge in [-0.25, -0.2) is 6.61 Å². The molecule has 1 aromatic rings. The first-order valence-corrected chi connectivity index (χ1v) is 6.54. The molecule has 0 aliphatic carbocycles. The van der Waals surface area contributed by atoms with Crippen molar-refractivity contribution in [2.24, 2.45) is 5.92 Å². The molecule has 18 heavy (non-hydrogen) atoms. The molecule has 1 heterocycles. The fraction of sp³-hybridized carbons (Fsp3) is 0.385. The minimum atomic E-state index is -0.0482. The van der Waals surface area contributed by atoms with E-state index in [0.29, 0.717) is 5.92 Å². The Morgan fingerprint density at radius 2 is 2.11 bits per heavy atom. The molecule has 1 saturated heterocycles. The summed E-state index contributed by atoms with van der Waals surface area (Å²) in [5, 5.41) is 2.75. The molecule has 1 amide bonds. The number of anilines is 1. The second kappa shape index (κ2) is 8.36. The van der Waals surface area contributed by atoms with E-state index in [4.69, 9.17) is 4.74 Å². The van der Waals surface area contributed by atoms with Gasteiger partial charge in [-0.3, -0.25) is 4.79 Å². The van der Waals surface area contributed by atoms with Gasteiger partial charge in [0.05, 0.1) is 5.44 Å². The maximum absolute atomic E-state index is 10.9. The molecule has 3 nitrogen and oxygen atoms in total. The molecule has 1 N–H and O–H groups in total. The number of carbonyl (C=O) groups excluding carboxylic acids is 1. The van der Waals surface area contributed by atoms with Crippen molar-refractivity contribution in [3.63, 3.8) is 0 Å². The van der Waals surface area contributed by atoms with E-state index in [1.807, 2.05) is 30.9 Å². The molecule has 92 valence electrons. The number of rotatable bonds is 3. The van der Waals surface area contributed by atoms with Crippen LogP contribution >= 0.6 is 11.8 Å².